The molecule has 26 heavy (non-hydrogen) atoms. The van der Waals surface area contributed by atoms with Gasteiger partial charge in [-0.1, -0.05) is 41.9 Å². The number of ether oxygens (including phenoxy) is 1. The molecule has 0 fully saturated rings. The number of rotatable bonds is 4. The van der Waals surface area contributed by atoms with E-state index in [1.165, 1.54) is 6.07 Å². The summed E-state index contributed by atoms with van der Waals surface area (Å²) >= 11 is 5.75. The Labute approximate surface area is 153 Å². The summed E-state index contributed by atoms with van der Waals surface area (Å²) in [6.07, 6.45) is -4.47. The highest BCUT2D eigenvalue weighted by atomic mass is 35.5. The molecule has 0 aliphatic heterocycles. The lowest BCUT2D eigenvalue weighted by Crippen LogP contribution is -2.08. The lowest BCUT2D eigenvalue weighted by atomic mass is 10.0. The number of halogens is 4. The van der Waals surface area contributed by atoms with Crippen LogP contribution in [0.1, 0.15) is 16.7 Å². The second-order valence-corrected chi connectivity index (χ2v) is 6.07. The van der Waals surface area contributed by atoms with Crippen molar-refractivity contribution in [3.63, 3.8) is 0 Å². The molecule has 0 N–H and O–H groups in total. The third-order valence-corrected chi connectivity index (χ3v) is 3.95. The molecule has 0 spiro atoms. The first kappa shape index (κ1) is 18.2. The van der Waals surface area contributed by atoms with Gasteiger partial charge in [-0.25, -0.2) is 0 Å². The van der Waals surface area contributed by atoms with E-state index in [9.17, 15) is 13.2 Å². The van der Waals surface area contributed by atoms with Crippen molar-refractivity contribution in [2.75, 3.05) is 0 Å². The number of alkyl halides is 3. The van der Waals surface area contributed by atoms with Crippen molar-refractivity contribution in [3.8, 4) is 17.0 Å². The molecule has 0 unspecified atom stereocenters. The second kappa shape index (κ2) is 7.33. The number of aromatic nitrogens is 2. The topological polar surface area (TPSA) is 35.0 Å². The maximum absolute atomic E-state index is 13.2. The van der Waals surface area contributed by atoms with Crippen molar-refractivity contribution in [1.82, 2.24) is 10.2 Å². The molecule has 134 valence electrons. The van der Waals surface area contributed by atoms with E-state index in [0.29, 0.717) is 16.8 Å². The van der Waals surface area contributed by atoms with Crippen molar-refractivity contribution in [2.24, 2.45) is 0 Å². The van der Waals surface area contributed by atoms with Crippen LogP contribution in [0.15, 0.2) is 54.6 Å². The van der Waals surface area contributed by atoms with Crippen molar-refractivity contribution in [3.05, 3.63) is 76.4 Å². The molecule has 0 radical (unpaired) electrons. The molecule has 7 heteroatoms. The maximum atomic E-state index is 13.2. The first-order valence-corrected chi connectivity index (χ1v) is 8.10. The summed E-state index contributed by atoms with van der Waals surface area (Å²) in [5.74, 6) is 0.0952. The third-order valence-electron chi connectivity index (χ3n) is 3.75. The molecule has 0 bridgehead atoms. The number of hydrogen-bond acceptors (Lipinski definition) is 3. The van der Waals surface area contributed by atoms with E-state index in [1.54, 1.807) is 13.0 Å². The van der Waals surface area contributed by atoms with Crippen molar-refractivity contribution in [1.29, 1.82) is 0 Å². The molecule has 0 saturated heterocycles. The van der Waals surface area contributed by atoms with E-state index in [1.807, 2.05) is 30.3 Å². The third kappa shape index (κ3) is 4.14. The molecule has 0 amide bonds. The monoisotopic (exact) mass is 378 g/mol. The van der Waals surface area contributed by atoms with E-state index in [0.717, 1.165) is 17.7 Å². The second-order valence-electron chi connectivity index (χ2n) is 5.68. The zero-order valence-corrected chi connectivity index (χ0v) is 14.5. The highest BCUT2D eigenvalue weighted by Gasteiger charge is 2.32. The van der Waals surface area contributed by atoms with Gasteiger partial charge in [0.25, 0.3) is 0 Å². The van der Waals surface area contributed by atoms with Gasteiger partial charge in [-0.3, -0.25) is 0 Å². The molecule has 0 aliphatic rings. The van der Waals surface area contributed by atoms with Gasteiger partial charge in [0.05, 0.1) is 11.3 Å². The van der Waals surface area contributed by atoms with Crippen LogP contribution in [0.25, 0.3) is 11.3 Å². The Morgan fingerprint density at radius 1 is 1.00 bits per heavy atom. The molecular formula is C19H14ClF3N2O. The lowest BCUT2D eigenvalue weighted by Gasteiger charge is -2.17. The minimum absolute atomic E-state index is 0.0952. The summed E-state index contributed by atoms with van der Waals surface area (Å²) < 4.78 is 45.3. The van der Waals surface area contributed by atoms with Crippen LogP contribution in [-0.2, 0) is 12.8 Å². The summed E-state index contributed by atoms with van der Waals surface area (Å²) in [5.41, 5.74) is 1.31. The Morgan fingerprint density at radius 3 is 2.35 bits per heavy atom. The molecule has 0 saturated carbocycles. The Bertz CT molecular complexity index is 897. The summed E-state index contributed by atoms with van der Waals surface area (Å²) in [7, 11) is 0. The van der Waals surface area contributed by atoms with Gasteiger partial charge >= 0.3 is 6.18 Å². The Morgan fingerprint density at radius 2 is 1.73 bits per heavy atom. The minimum Gasteiger partial charge on any atom is -0.488 e. The van der Waals surface area contributed by atoms with Crippen molar-refractivity contribution >= 4 is 11.6 Å². The minimum atomic E-state index is -4.47. The first-order chi connectivity index (χ1) is 12.3. The fourth-order valence-electron chi connectivity index (χ4n) is 2.55. The molecule has 0 aliphatic carbocycles. The zero-order chi connectivity index (χ0) is 18.7. The van der Waals surface area contributed by atoms with Gasteiger partial charge in [0.2, 0.25) is 0 Å². The van der Waals surface area contributed by atoms with Crippen LogP contribution in [-0.4, -0.2) is 10.2 Å². The van der Waals surface area contributed by atoms with Gasteiger partial charge in [-0.05, 0) is 42.3 Å². The SMILES string of the molecule is Cc1cc(C(F)(F)F)cc(OCc2ccccc2)c1-c1ccc(Cl)nn1. The summed E-state index contributed by atoms with van der Waals surface area (Å²) in [5, 5.41) is 7.94. The molecular weight excluding hydrogens is 365 g/mol. The summed E-state index contributed by atoms with van der Waals surface area (Å²) in [4.78, 5) is 0. The first-order valence-electron chi connectivity index (χ1n) is 7.73. The Balaban J connectivity index is 2.05. The molecule has 0 atom stereocenters. The number of hydrogen-bond donors (Lipinski definition) is 0. The summed E-state index contributed by atoms with van der Waals surface area (Å²) in [6.45, 7) is 1.71. The van der Waals surface area contributed by atoms with Crippen LogP contribution in [0.4, 0.5) is 13.2 Å². The average molecular weight is 379 g/mol. The smallest absolute Gasteiger partial charge is 0.416 e. The van der Waals surface area contributed by atoms with Crippen molar-refractivity contribution in [2.45, 2.75) is 19.7 Å². The molecule has 1 heterocycles. The van der Waals surface area contributed by atoms with E-state index >= 15 is 0 Å². The lowest BCUT2D eigenvalue weighted by molar-refractivity contribution is -0.137. The van der Waals surface area contributed by atoms with E-state index < -0.39 is 11.7 Å². The van der Waals surface area contributed by atoms with Gasteiger partial charge in [-0.2, -0.15) is 13.2 Å². The fraction of sp³-hybridized carbons (Fsp3) is 0.158. The number of nitrogens with zero attached hydrogens (tertiary/aromatic N) is 2. The highest BCUT2D eigenvalue weighted by Crippen LogP contribution is 2.39. The highest BCUT2D eigenvalue weighted by molar-refractivity contribution is 6.29. The van der Waals surface area contributed by atoms with E-state index in [-0.39, 0.29) is 17.5 Å². The predicted molar refractivity (Wildman–Crippen MR) is 93.0 cm³/mol. The molecule has 3 nitrogen and oxygen atoms in total. The summed E-state index contributed by atoms with van der Waals surface area (Å²) in [6, 6.07) is 14.4. The standard InChI is InChI=1S/C19H14ClF3N2O/c1-12-9-14(19(21,22)23)10-16(26-11-13-5-3-2-4-6-13)18(12)15-7-8-17(20)25-24-15/h2-10H,11H2,1H3. The molecule has 3 aromatic rings. The normalized spacial score (nSPS) is 11.4. The quantitative estimate of drug-likeness (QED) is 0.583. The molecule has 1 aromatic heterocycles. The van der Waals surface area contributed by atoms with Gasteiger partial charge < -0.3 is 4.74 Å². The fourth-order valence-corrected chi connectivity index (χ4v) is 2.65. The van der Waals surface area contributed by atoms with Crippen LogP contribution in [0.5, 0.6) is 5.75 Å². The largest absolute Gasteiger partial charge is 0.488 e. The van der Waals surface area contributed by atoms with Gasteiger partial charge in [-0.15, -0.1) is 10.2 Å². The zero-order valence-electron chi connectivity index (χ0n) is 13.7. The predicted octanol–water partition coefficient (Wildman–Crippen LogP) is 5.70. The Kier molecular flexibility index (Phi) is 5.13. The van der Waals surface area contributed by atoms with Crippen LogP contribution in [0.2, 0.25) is 5.15 Å². The van der Waals surface area contributed by atoms with Crippen LogP contribution in [0, 0.1) is 6.92 Å². The average Bonchev–Trinajstić information content (AvgIpc) is 2.61. The van der Waals surface area contributed by atoms with Crippen LogP contribution >= 0.6 is 11.6 Å². The van der Waals surface area contributed by atoms with Crippen molar-refractivity contribution < 1.29 is 17.9 Å². The Hall–Kier alpha value is -2.60. The van der Waals surface area contributed by atoms with Crippen LogP contribution in [0.3, 0.4) is 0 Å². The number of benzene rings is 2. The number of aryl methyl sites for hydroxylation is 1. The van der Waals surface area contributed by atoms with E-state index in [4.69, 9.17) is 16.3 Å². The van der Waals surface area contributed by atoms with E-state index in [2.05, 4.69) is 10.2 Å². The maximum Gasteiger partial charge on any atom is 0.416 e. The van der Waals surface area contributed by atoms with Gasteiger partial charge in [0.1, 0.15) is 12.4 Å². The molecule has 3 rings (SSSR count). The van der Waals surface area contributed by atoms with Gasteiger partial charge in [0.15, 0.2) is 5.15 Å². The molecule has 2 aromatic carbocycles. The van der Waals surface area contributed by atoms with Crippen LogP contribution < -0.4 is 4.74 Å². The van der Waals surface area contributed by atoms with Gasteiger partial charge in [0, 0.05) is 5.56 Å².